The van der Waals surface area contributed by atoms with Crippen molar-refractivity contribution in [2.45, 2.75) is 12.8 Å². The number of nitro benzene ring substituents is 1. The fourth-order valence-electron chi connectivity index (χ4n) is 2.68. The highest BCUT2D eigenvalue weighted by atomic mass is 16.6. The summed E-state index contributed by atoms with van der Waals surface area (Å²) in [5, 5.41) is 13.5. The van der Waals surface area contributed by atoms with Gasteiger partial charge in [0.15, 0.2) is 0 Å². The molecular weight excluding hydrogens is 326 g/mol. The first kappa shape index (κ1) is 16.6. The number of methoxy groups -OCH3 is 1. The van der Waals surface area contributed by atoms with Crippen molar-refractivity contribution in [1.29, 1.82) is 0 Å². The van der Waals surface area contributed by atoms with Crippen LogP contribution in [-0.2, 0) is 0 Å². The van der Waals surface area contributed by atoms with Crippen molar-refractivity contribution in [3.8, 4) is 5.75 Å². The second kappa shape index (κ2) is 7.12. The van der Waals surface area contributed by atoms with Crippen molar-refractivity contribution in [2.24, 2.45) is 0 Å². The predicted octanol–water partition coefficient (Wildman–Crippen LogP) is 2.25. The van der Waals surface area contributed by atoms with E-state index in [2.05, 4.69) is 20.2 Å². The Morgan fingerprint density at radius 3 is 2.72 bits per heavy atom. The van der Waals surface area contributed by atoms with E-state index >= 15 is 0 Å². The molecule has 1 fully saturated rings. The van der Waals surface area contributed by atoms with E-state index < -0.39 is 10.8 Å². The lowest BCUT2D eigenvalue weighted by Gasteiger charge is -2.16. The number of carbonyl (C=O) groups is 1. The number of carbonyl (C=O) groups excluding carboxylic acids is 1. The Hall–Kier alpha value is -3.23. The van der Waals surface area contributed by atoms with E-state index in [-0.39, 0.29) is 17.1 Å². The van der Waals surface area contributed by atoms with Gasteiger partial charge in [-0.3, -0.25) is 14.9 Å². The summed E-state index contributed by atoms with van der Waals surface area (Å²) in [7, 11) is 1.42. The van der Waals surface area contributed by atoms with Crippen molar-refractivity contribution >= 4 is 23.1 Å². The zero-order valence-corrected chi connectivity index (χ0v) is 13.6. The zero-order valence-electron chi connectivity index (χ0n) is 13.6. The number of aromatic nitrogens is 2. The van der Waals surface area contributed by atoms with Crippen LogP contribution >= 0.6 is 0 Å². The smallest absolute Gasteiger partial charge is 0.274 e. The van der Waals surface area contributed by atoms with Crippen LogP contribution in [0.4, 0.5) is 17.2 Å². The van der Waals surface area contributed by atoms with Crippen LogP contribution in [0.5, 0.6) is 5.75 Å². The van der Waals surface area contributed by atoms with Gasteiger partial charge in [-0.15, -0.1) is 0 Å². The van der Waals surface area contributed by atoms with Crippen LogP contribution in [0.25, 0.3) is 0 Å². The van der Waals surface area contributed by atoms with Crippen LogP contribution in [0.2, 0.25) is 0 Å². The maximum atomic E-state index is 12.5. The number of non-ortho nitro benzene ring substituents is 1. The van der Waals surface area contributed by atoms with Crippen LogP contribution in [0, 0.1) is 10.1 Å². The molecule has 0 bridgehead atoms. The summed E-state index contributed by atoms with van der Waals surface area (Å²) in [6.45, 7) is 1.80. The van der Waals surface area contributed by atoms with Gasteiger partial charge in [0, 0.05) is 31.3 Å². The lowest BCUT2D eigenvalue weighted by molar-refractivity contribution is -0.384. The molecule has 1 aromatic heterocycles. The van der Waals surface area contributed by atoms with E-state index in [1.807, 2.05) is 0 Å². The van der Waals surface area contributed by atoms with Gasteiger partial charge >= 0.3 is 0 Å². The van der Waals surface area contributed by atoms with E-state index in [1.165, 1.54) is 31.6 Å². The standard InChI is InChI=1S/C16H17N5O4/c1-25-14-5-4-11(21(23)24)8-12(14)19-16(22)13-9-15(18-10-17-13)20-6-2-3-7-20/h4-5,8-10H,2-3,6-7H2,1H3,(H,19,22). The largest absolute Gasteiger partial charge is 0.495 e. The summed E-state index contributed by atoms with van der Waals surface area (Å²) >= 11 is 0. The minimum atomic E-state index is -0.536. The highest BCUT2D eigenvalue weighted by Gasteiger charge is 2.18. The Morgan fingerprint density at radius 2 is 2.04 bits per heavy atom. The molecule has 0 atom stereocenters. The summed E-state index contributed by atoms with van der Waals surface area (Å²) in [4.78, 5) is 33.2. The SMILES string of the molecule is COc1ccc([N+](=O)[O-])cc1NC(=O)c1cc(N2CCCC2)ncn1. The normalized spacial score (nSPS) is 13.6. The van der Waals surface area contributed by atoms with Crippen molar-refractivity contribution in [3.05, 3.63) is 46.4 Å². The average Bonchev–Trinajstić information content (AvgIpc) is 3.16. The van der Waals surface area contributed by atoms with E-state index in [0.717, 1.165) is 25.9 Å². The number of benzene rings is 1. The number of rotatable bonds is 5. The summed E-state index contributed by atoms with van der Waals surface area (Å²) < 4.78 is 5.14. The second-order valence-corrected chi connectivity index (χ2v) is 5.55. The molecule has 1 N–H and O–H groups in total. The maximum Gasteiger partial charge on any atom is 0.274 e. The van der Waals surface area contributed by atoms with Crippen LogP contribution in [-0.4, -0.2) is 41.0 Å². The Labute approximate surface area is 143 Å². The minimum Gasteiger partial charge on any atom is -0.495 e. The van der Waals surface area contributed by atoms with Gasteiger partial charge in [-0.05, 0) is 18.9 Å². The van der Waals surface area contributed by atoms with Crippen molar-refractivity contribution in [2.75, 3.05) is 30.4 Å². The molecule has 0 unspecified atom stereocenters. The summed E-state index contributed by atoms with van der Waals surface area (Å²) in [6, 6.07) is 5.61. The van der Waals surface area contributed by atoms with Gasteiger partial charge < -0.3 is 15.0 Å². The topological polar surface area (TPSA) is 110 Å². The summed E-state index contributed by atoms with van der Waals surface area (Å²) in [5.41, 5.74) is 0.255. The van der Waals surface area contributed by atoms with Gasteiger partial charge in [0.25, 0.3) is 11.6 Å². The molecule has 9 nitrogen and oxygen atoms in total. The molecule has 0 aliphatic carbocycles. The van der Waals surface area contributed by atoms with E-state index in [4.69, 9.17) is 4.74 Å². The molecule has 3 rings (SSSR count). The van der Waals surface area contributed by atoms with Crippen LogP contribution in [0.3, 0.4) is 0 Å². The maximum absolute atomic E-state index is 12.5. The van der Waals surface area contributed by atoms with Gasteiger partial charge in [-0.25, -0.2) is 9.97 Å². The van der Waals surface area contributed by atoms with E-state index in [0.29, 0.717) is 11.6 Å². The highest BCUT2D eigenvalue weighted by Crippen LogP contribution is 2.29. The first-order valence-corrected chi connectivity index (χ1v) is 7.79. The van der Waals surface area contributed by atoms with E-state index in [1.54, 1.807) is 6.07 Å². The molecule has 25 heavy (non-hydrogen) atoms. The highest BCUT2D eigenvalue weighted by molar-refractivity contribution is 6.04. The Bertz CT molecular complexity index is 805. The van der Waals surface area contributed by atoms with Crippen molar-refractivity contribution in [1.82, 2.24) is 9.97 Å². The number of nitrogens with one attached hydrogen (secondary N) is 1. The second-order valence-electron chi connectivity index (χ2n) is 5.55. The fraction of sp³-hybridized carbons (Fsp3) is 0.312. The number of hydrogen-bond donors (Lipinski definition) is 1. The molecule has 1 aliphatic heterocycles. The van der Waals surface area contributed by atoms with Gasteiger partial charge in [0.1, 0.15) is 23.6 Å². The first-order chi connectivity index (χ1) is 12.1. The van der Waals surface area contributed by atoms with Gasteiger partial charge in [-0.2, -0.15) is 0 Å². The quantitative estimate of drug-likeness (QED) is 0.654. The average molecular weight is 343 g/mol. The minimum absolute atomic E-state index is 0.142. The molecule has 1 saturated heterocycles. The van der Waals surface area contributed by atoms with E-state index in [9.17, 15) is 14.9 Å². The van der Waals surface area contributed by atoms with Crippen LogP contribution in [0.1, 0.15) is 23.3 Å². The fourth-order valence-corrected chi connectivity index (χ4v) is 2.68. The predicted molar refractivity (Wildman–Crippen MR) is 91.1 cm³/mol. The molecule has 2 aromatic rings. The molecule has 1 amide bonds. The molecule has 1 aromatic carbocycles. The van der Waals surface area contributed by atoms with Crippen molar-refractivity contribution < 1.29 is 14.5 Å². The lowest BCUT2D eigenvalue weighted by atomic mass is 10.2. The number of hydrogen-bond acceptors (Lipinski definition) is 7. The number of nitro groups is 1. The van der Waals surface area contributed by atoms with Crippen LogP contribution in [0.15, 0.2) is 30.6 Å². The van der Waals surface area contributed by atoms with Crippen molar-refractivity contribution in [3.63, 3.8) is 0 Å². The number of ether oxygens (including phenoxy) is 1. The third-order valence-electron chi connectivity index (χ3n) is 3.96. The lowest BCUT2D eigenvalue weighted by Crippen LogP contribution is -2.21. The number of anilines is 2. The zero-order chi connectivity index (χ0) is 17.8. The molecule has 1 aliphatic rings. The third-order valence-corrected chi connectivity index (χ3v) is 3.96. The summed E-state index contributed by atoms with van der Waals surface area (Å²) in [6.07, 6.45) is 3.53. The Morgan fingerprint density at radius 1 is 1.28 bits per heavy atom. The first-order valence-electron chi connectivity index (χ1n) is 7.79. The number of nitrogens with zero attached hydrogens (tertiary/aromatic N) is 4. The summed E-state index contributed by atoms with van der Waals surface area (Å²) in [5.74, 6) is 0.540. The molecule has 0 saturated carbocycles. The monoisotopic (exact) mass is 343 g/mol. The third kappa shape index (κ3) is 3.65. The van der Waals surface area contributed by atoms with Gasteiger partial charge in [0.05, 0.1) is 17.7 Å². The van der Waals surface area contributed by atoms with Gasteiger partial charge in [0.2, 0.25) is 0 Å². The number of amides is 1. The molecule has 2 heterocycles. The molecule has 0 spiro atoms. The van der Waals surface area contributed by atoms with Crippen LogP contribution < -0.4 is 15.0 Å². The molecular formula is C16H17N5O4. The molecule has 0 radical (unpaired) electrons. The molecule has 130 valence electrons. The molecule has 9 heteroatoms. The Balaban J connectivity index is 1.83. The van der Waals surface area contributed by atoms with Gasteiger partial charge in [-0.1, -0.05) is 0 Å². The Kier molecular flexibility index (Phi) is 4.73.